The third-order valence-electron chi connectivity index (χ3n) is 9.73. The van der Waals surface area contributed by atoms with Crippen LogP contribution in [0.25, 0.3) is 4.13 Å². The Balaban J connectivity index is 0. The first-order valence-electron chi connectivity index (χ1n) is 21.1. The predicted octanol–water partition coefficient (Wildman–Crippen LogP) is 15.0. The van der Waals surface area contributed by atoms with Crippen molar-refractivity contribution in [1.82, 2.24) is 4.17 Å². The third kappa shape index (κ3) is 26.1. The molecule has 0 rings (SSSR count). The zero-order chi connectivity index (χ0) is 41.6. The highest BCUT2D eigenvalue weighted by Gasteiger charge is 2.47. The minimum atomic E-state index is -6.72. The van der Waals surface area contributed by atoms with Gasteiger partial charge in [0.15, 0.2) is 20.0 Å². The quantitative estimate of drug-likeness (QED) is 0.0291. The Morgan fingerprint density at radius 1 is 0.370 bits per heavy atom. The molecule has 0 aliphatic rings. The summed E-state index contributed by atoms with van der Waals surface area (Å²) in [6.07, 6.45) is 43.3. The van der Waals surface area contributed by atoms with E-state index in [1.165, 1.54) is 191 Å². The number of hydrogen-bond acceptors (Lipinski definition) is 4. The van der Waals surface area contributed by atoms with Crippen LogP contribution in [0.5, 0.6) is 0 Å². The van der Waals surface area contributed by atoms with Crippen LogP contribution >= 0.6 is 14.1 Å². The summed E-state index contributed by atoms with van der Waals surface area (Å²) >= 11 is 0. The van der Waals surface area contributed by atoms with Gasteiger partial charge in [0, 0.05) is 37.0 Å². The lowest BCUT2D eigenvalue weighted by Gasteiger charge is -2.22. The molecule has 0 bridgehead atoms. The first kappa shape index (κ1) is 56.1. The lowest BCUT2D eigenvalue weighted by Crippen LogP contribution is -2.30. The Hall–Kier alpha value is 0.0100. The molecule has 0 N–H and O–H groups in total. The minimum absolute atomic E-state index is 0.778. The van der Waals surface area contributed by atoms with Crippen LogP contribution in [0.1, 0.15) is 196 Å². The second-order valence-electron chi connectivity index (χ2n) is 14.9. The molecular formula is C38H78F6N2O4P2S2. The predicted molar refractivity (Wildman–Crippen MR) is 223 cm³/mol. The molecule has 0 atom stereocenters. The molecule has 0 fully saturated rings. The largest absolute Gasteiger partial charge is 0.480 e. The Bertz CT molecular complexity index is 1100. The number of hydrogen-bond donors (Lipinski definition) is 0. The molecule has 0 amide bonds. The molecule has 0 aromatic heterocycles. The molecule has 0 radical (unpaired) electrons. The monoisotopic (exact) mass is 866 g/mol. The van der Waals surface area contributed by atoms with Crippen LogP contribution in [0, 0.1) is 0 Å². The molecule has 0 unspecified atom stereocenters. The normalized spacial score (nSPS) is 13.1. The summed E-state index contributed by atoms with van der Waals surface area (Å²) in [5.41, 5.74) is -12.4. The van der Waals surface area contributed by atoms with Crippen molar-refractivity contribution in [3.63, 3.8) is 0 Å². The summed E-state index contributed by atoms with van der Waals surface area (Å²) in [5, 5.41) is 0. The van der Waals surface area contributed by atoms with Gasteiger partial charge in [0.1, 0.15) is 0 Å². The fraction of sp³-hybridized carbons (Fsp3) is 1.00. The van der Waals surface area contributed by atoms with Crippen LogP contribution in [-0.4, -0.2) is 64.8 Å². The van der Waals surface area contributed by atoms with Crippen LogP contribution < -0.4 is 4.17 Å². The molecule has 0 heterocycles. The second kappa shape index (κ2) is 31.0. The van der Waals surface area contributed by atoms with Crippen molar-refractivity contribution >= 4 is 34.2 Å². The van der Waals surface area contributed by atoms with E-state index in [-0.39, 0.29) is 0 Å². The van der Waals surface area contributed by atoms with Crippen molar-refractivity contribution in [1.29, 1.82) is 0 Å². The summed E-state index contributed by atoms with van der Waals surface area (Å²) < 4.78 is 116. The van der Waals surface area contributed by atoms with E-state index in [1.54, 1.807) is 0 Å². The molecule has 328 valence electrons. The van der Waals surface area contributed by atoms with Crippen LogP contribution in [0.2, 0.25) is 0 Å². The first-order valence-corrected chi connectivity index (χ1v) is 28.6. The molecule has 0 aromatic carbocycles. The fourth-order valence-corrected chi connectivity index (χ4v) is 19.8. The van der Waals surface area contributed by atoms with Crippen LogP contribution in [-0.2, 0) is 20.0 Å². The third-order valence-corrected chi connectivity index (χ3v) is 22.4. The number of sulfonamides is 2. The minimum Gasteiger partial charge on any atom is -0.421 e. The maximum Gasteiger partial charge on any atom is 0.480 e. The van der Waals surface area contributed by atoms with Crippen molar-refractivity contribution in [2.24, 2.45) is 0 Å². The number of halogens is 6. The molecule has 0 aliphatic heterocycles. The van der Waals surface area contributed by atoms with Crippen molar-refractivity contribution in [3.8, 4) is 0 Å². The van der Waals surface area contributed by atoms with Crippen molar-refractivity contribution in [3.05, 3.63) is 4.13 Å². The number of nitrogens with zero attached hydrogens (tertiary/aromatic N) is 2. The summed E-state index contributed by atoms with van der Waals surface area (Å²) in [7, 11) is -15.9. The lowest BCUT2D eigenvalue weighted by molar-refractivity contribution is -0.0444. The van der Waals surface area contributed by atoms with Gasteiger partial charge < -0.3 is 4.13 Å². The summed E-state index contributed by atoms with van der Waals surface area (Å²) in [5.74, 6) is 0. The van der Waals surface area contributed by atoms with Gasteiger partial charge in [-0.3, -0.25) is 0 Å². The van der Waals surface area contributed by atoms with E-state index in [0.717, 1.165) is 4.13 Å². The van der Waals surface area contributed by atoms with Gasteiger partial charge in [0.25, 0.3) is 0 Å². The number of alkyl halides is 6. The highest BCUT2D eigenvalue weighted by atomic mass is 32.3. The Morgan fingerprint density at radius 2 is 0.556 bits per heavy atom. The number of unbranched alkanes of at least 4 members (excludes halogenated alkanes) is 18. The van der Waals surface area contributed by atoms with E-state index in [0.29, 0.717) is 0 Å². The lowest BCUT2D eigenvalue weighted by atomic mass is 10.2. The highest BCUT2D eigenvalue weighted by Crippen LogP contribution is 2.56. The standard InChI is InChI=1S/C36H78NP2.C2F6NO4S2/c1-7-13-19-25-31-38(32-26-20-14-8-2,33-27-21-15-9-3)37-39(34-28-22-16-10-4,35-29-23-17-11-5)36-30-24-18-12-6;3-1(4,5)14(10,11)9-15(12,13)2(6,7)8/h7-36H2,1-6H3;/q+1;-1. The Morgan fingerprint density at radius 3 is 0.704 bits per heavy atom. The van der Waals surface area contributed by atoms with E-state index in [2.05, 4.69) is 41.5 Å². The molecule has 0 saturated heterocycles. The Labute approximate surface area is 328 Å². The molecule has 0 saturated carbocycles. The molecule has 0 spiro atoms. The van der Waals surface area contributed by atoms with E-state index >= 15 is 0 Å². The van der Waals surface area contributed by atoms with E-state index < -0.39 is 45.2 Å². The first-order chi connectivity index (χ1) is 25.3. The van der Waals surface area contributed by atoms with Gasteiger partial charge in [-0.05, 0) is 38.5 Å². The highest BCUT2D eigenvalue weighted by molar-refractivity contribution is 8.13. The zero-order valence-corrected chi connectivity index (χ0v) is 38.1. The summed E-state index contributed by atoms with van der Waals surface area (Å²) in [4.78, 5) is 0. The summed E-state index contributed by atoms with van der Waals surface area (Å²) in [6, 6.07) is 0. The van der Waals surface area contributed by atoms with Crippen molar-refractivity contribution in [2.45, 2.75) is 207 Å². The molecule has 0 aromatic rings. The van der Waals surface area contributed by atoms with E-state index in [9.17, 15) is 43.2 Å². The van der Waals surface area contributed by atoms with E-state index in [4.69, 9.17) is 4.17 Å². The molecule has 54 heavy (non-hydrogen) atoms. The van der Waals surface area contributed by atoms with Gasteiger partial charge in [-0.1, -0.05) is 157 Å². The molecule has 0 aliphatic carbocycles. The molecule has 6 nitrogen and oxygen atoms in total. The van der Waals surface area contributed by atoms with Crippen LogP contribution in [0.15, 0.2) is 0 Å². The smallest absolute Gasteiger partial charge is 0.421 e. The topological polar surface area (TPSA) is 96.5 Å². The SMILES string of the molecule is CCCCCCP(CCCCCC)(CCCCCC)=[N+]=P(CCCCCC)(CCCCCC)CCCCCC.O=S(=O)([N-]S(=O)(=O)C(F)(F)F)C(F)(F)F. The number of rotatable bonds is 32. The van der Waals surface area contributed by atoms with E-state index in [1.807, 2.05) is 0 Å². The second-order valence-corrected chi connectivity index (χ2v) is 26.1. The van der Waals surface area contributed by atoms with Crippen LogP contribution in [0.3, 0.4) is 0 Å². The van der Waals surface area contributed by atoms with Gasteiger partial charge in [0.05, 0.1) is 0 Å². The average molecular weight is 867 g/mol. The summed E-state index contributed by atoms with van der Waals surface area (Å²) in [6.45, 7) is 14.3. The van der Waals surface area contributed by atoms with Crippen molar-refractivity contribution in [2.75, 3.05) is 37.0 Å². The maximum absolute atomic E-state index is 11.4. The molecule has 16 heteroatoms. The molecular weight excluding hydrogens is 788 g/mol. The fourth-order valence-electron chi connectivity index (χ4n) is 6.55. The van der Waals surface area contributed by atoms with Crippen LogP contribution in [0.4, 0.5) is 26.3 Å². The van der Waals surface area contributed by atoms with Gasteiger partial charge in [0.2, 0.25) is 14.1 Å². The van der Waals surface area contributed by atoms with Gasteiger partial charge in [-0.2, -0.15) is 30.5 Å². The Kier molecular flexibility index (Phi) is 32.2. The average Bonchev–Trinajstić information content (AvgIpc) is 3.08. The van der Waals surface area contributed by atoms with Gasteiger partial charge in [-0.15, -0.1) is 0 Å². The van der Waals surface area contributed by atoms with Crippen molar-refractivity contribution < 1.29 is 43.2 Å². The van der Waals surface area contributed by atoms with Gasteiger partial charge in [-0.25, -0.2) is 16.8 Å². The zero-order valence-electron chi connectivity index (χ0n) is 34.7. The van der Waals surface area contributed by atoms with Gasteiger partial charge >= 0.3 is 11.0 Å². The maximum atomic E-state index is 11.4.